The lowest BCUT2D eigenvalue weighted by Gasteiger charge is -2.18. The van der Waals surface area contributed by atoms with Crippen LogP contribution in [0, 0.1) is 10.1 Å². The highest BCUT2D eigenvalue weighted by molar-refractivity contribution is 6.06. The molecule has 1 aliphatic rings. The number of amides is 2. The van der Waals surface area contributed by atoms with Gasteiger partial charge in [0.05, 0.1) is 22.4 Å². The van der Waals surface area contributed by atoms with E-state index < -0.39 is 34.2 Å². The maximum Gasteiger partial charge on any atom is 0.418 e. The number of alkyl halides is 3. The molecule has 9 nitrogen and oxygen atoms in total. The Balaban J connectivity index is 1.59. The summed E-state index contributed by atoms with van der Waals surface area (Å²) in [4.78, 5) is 37.6. The highest BCUT2D eigenvalue weighted by Crippen LogP contribution is 2.37. The van der Waals surface area contributed by atoms with Crippen LogP contribution in [0.1, 0.15) is 39.3 Å². The van der Waals surface area contributed by atoms with Crippen molar-refractivity contribution < 1.29 is 32.1 Å². The van der Waals surface area contributed by atoms with Crippen LogP contribution in [0.25, 0.3) is 0 Å². The molecule has 182 valence electrons. The highest BCUT2D eigenvalue weighted by atomic mass is 19.4. The predicted molar refractivity (Wildman–Crippen MR) is 121 cm³/mol. The van der Waals surface area contributed by atoms with Crippen molar-refractivity contribution in [1.29, 1.82) is 0 Å². The molecule has 0 spiro atoms. The van der Waals surface area contributed by atoms with Gasteiger partial charge in [-0.2, -0.15) is 13.2 Å². The second-order valence-corrected chi connectivity index (χ2v) is 7.80. The summed E-state index contributed by atoms with van der Waals surface area (Å²) in [6.45, 7) is 1.29. The zero-order valence-corrected chi connectivity index (χ0v) is 18.1. The van der Waals surface area contributed by atoms with Crippen molar-refractivity contribution >= 4 is 34.6 Å². The zero-order valence-electron chi connectivity index (χ0n) is 18.1. The number of nitro benzene ring substituents is 1. The molecule has 1 fully saturated rings. The first kappa shape index (κ1) is 23.8. The summed E-state index contributed by atoms with van der Waals surface area (Å²) in [5.74, 6) is -1.78. The number of carbonyl (C=O) groups excluding carboxylic acids is 2. The zero-order chi connectivity index (χ0) is 25.2. The molecule has 2 aromatic carbocycles. The van der Waals surface area contributed by atoms with Crippen LogP contribution in [0.4, 0.5) is 35.9 Å². The van der Waals surface area contributed by atoms with Crippen molar-refractivity contribution in [1.82, 2.24) is 0 Å². The highest BCUT2D eigenvalue weighted by Gasteiger charge is 2.35. The normalized spacial score (nSPS) is 13.5. The Morgan fingerprint density at radius 1 is 1.00 bits per heavy atom. The topological polar surface area (TPSA) is 118 Å². The lowest BCUT2D eigenvalue weighted by Crippen LogP contribution is -2.20. The Morgan fingerprint density at radius 2 is 1.74 bits per heavy atom. The molecular formula is C23H19F3N4O5. The standard InChI is InChI=1S/C23H19F3N4O5/c24-23(25,26)16-13-15(27-22(32)20-4-3-11-35-20)6-7-17(16)28-21(31)14-5-8-18(19(12-14)30(33)34)29-9-1-2-10-29/h3-8,11-13H,1-2,9-10H2,(H,27,32)(H,28,31). The number of halogens is 3. The van der Waals surface area contributed by atoms with Crippen LogP contribution in [0.2, 0.25) is 0 Å². The summed E-state index contributed by atoms with van der Waals surface area (Å²) in [5, 5.41) is 16.0. The summed E-state index contributed by atoms with van der Waals surface area (Å²) in [6, 6.07) is 9.47. The predicted octanol–water partition coefficient (Wildman–Crippen LogP) is 5.31. The van der Waals surface area contributed by atoms with E-state index in [1.54, 1.807) is 0 Å². The molecule has 0 atom stereocenters. The Bertz CT molecular complexity index is 1270. The van der Waals surface area contributed by atoms with Gasteiger partial charge in [0.1, 0.15) is 5.69 Å². The van der Waals surface area contributed by atoms with Gasteiger partial charge in [-0.25, -0.2) is 0 Å². The van der Waals surface area contributed by atoms with Gasteiger partial charge in [-0.15, -0.1) is 0 Å². The molecule has 2 amide bonds. The molecule has 12 heteroatoms. The Kier molecular flexibility index (Phi) is 6.45. The quantitative estimate of drug-likeness (QED) is 0.359. The molecule has 0 bridgehead atoms. The second-order valence-electron chi connectivity index (χ2n) is 7.80. The van der Waals surface area contributed by atoms with Crippen LogP contribution in [0.3, 0.4) is 0 Å². The second kappa shape index (κ2) is 9.49. The van der Waals surface area contributed by atoms with Crippen molar-refractivity contribution in [2.45, 2.75) is 19.0 Å². The SMILES string of the molecule is O=C(Nc1ccc(NC(=O)c2ccco2)cc1C(F)(F)F)c1ccc(N2CCCC2)c([N+](=O)[O-])c1. The number of hydrogen-bond donors (Lipinski definition) is 2. The van der Waals surface area contributed by atoms with Gasteiger partial charge in [-0.3, -0.25) is 19.7 Å². The maximum atomic E-state index is 13.7. The lowest BCUT2D eigenvalue weighted by molar-refractivity contribution is -0.384. The summed E-state index contributed by atoms with van der Waals surface area (Å²) in [7, 11) is 0. The summed E-state index contributed by atoms with van der Waals surface area (Å²) >= 11 is 0. The van der Waals surface area contributed by atoms with Crippen LogP contribution in [0.15, 0.2) is 59.2 Å². The number of rotatable bonds is 6. The maximum absolute atomic E-state index is 13.7. The van der Waals surface area contributed by atoms with Gasteiger partial charge >= 0.3 is 6.18 Å². The van der Waals surface area contributed by atoms with Gasteiger partial charge in [0.2, 0.25) is 0 Å². The molecule has 35 heavy (non-hydrogen) atoms. The number of hydrogen-bond acceptors (Lipinski definition) is 6. The van der Waals surface area contributed by atoms with E-state index in [9.17, 15) is 32.9 Å². The van der Waals surface area contributed by atoms with Crippen molar-refractivity contribution in [3.8, 4) is 0 Å². The monoisotopic (exact) mass is 488 g/mol. The van der Waals surface area contributed by atoms with Crippen LogP contribution >= 0.6 is 0 Å². The van der Waals surface area contributed by atoms with Gasteiger partial charge in [0.15, 0.2) is 5.76 Å². The van der Waals surface area contributed by atoms with Crippen LogP contribution < -0.4 is 15.5 Å². The largest absolute Gasteiger partial charge is 0.459 e. The third-order valence-electron chi connectivity index (χ3n) is 5.46. The van der Waals surface area contributed by atoms with Crippen molar-refractivity contribution in [3.63, 3.8) is 0 Å². The minimum atomic E-state index is -4.86. The molecule has 1 saturated heterocycles. The number of carbonyl (C=O) groups is 2. The fraction of sp³-hybridized carbons (Fsp3) is 0.217. The molecule has 4 rings (SSSR count). The summed E-state index contributed by atoms with van der Waals surface area (Å²) < 4.78 is 46.0. The fourth-order valence-corrected chi connectivity index (χ4v) is 3.80. The van der Waals surface area contributed by atoms with E-state index in [-0.39, 0.29) is 22.7 Å². The third kappa shape index (κ3) is 5.26. The number of anilines is 3. The average Bonchev–Trinajstić information content (AvgIpc) is 3.53. The van der Waals surface area contributed by atoms with E-state index in [1.165, 1.54) is 36.6 Å². The van der Waals surface area contributed by atoms with Gasteiger partial charge in [-0.05, 0) is 55.3 Å². The van der Waals surface area contributed by atoms with Gasteiger partial charge in [0.25, 0.3) is 17.5 Å². The van der Waals surface area contributed by atoms with Crippen molar-refractivity contribution in [2.75, 3.05) is 28.6 Å². The summed E-state index contributed by atoms with van der Waals surface area (Å²) in [5.41, 5.74) is -2.04. The van der Waals surface area contributed by atoms with Gasteiger partial charge in [-0.1, -0.05) is 0 Å². The molecule has 0 unspecified atom stereocenters. The van der Waals surface area contributed by atoms with Crippen molar-refractivity contribution in [3.05, 3.63) is 81.8 Å². The van der Waals surface area contributed by atoms with E-state index >= 15 is 0 Å². The molecule has 0 aliphatic carbocycles. The van der Waals surface area contributed by atoms with E-state index in [1.807, 2.05) is 4.90 Å². The minimum Gasteiger partial charge on any atom is -0.459 e. The lowest BCUT2D eigenvalue weighted by atomic mass is 10.1. The molecule has 0 radical (unpaired) electrons. The smallest absolute Gasteiger partial charge is 0.418 e. The molecule has 1 aromatic heterocycles. The number of nitrogens with zero attached hydrogens (tertiary/aromatic N) is 2. The number of nitrogens with one attached hydrogen (secondary N) is 2. The van der Waals surface area contributed by atoms with Crippen LogP contribution in [0.5, 0.6) is 0 Å². The van der Waals surface area contributed by atoms with E-state index in [2.05, 4.69) is 10.6 Å². The molecule has 2 heterocycles. The molecular weight excluding hydrogens is 469 g/mol. The van der Waals surface area contributed by atoms with Crippen molar-refractivity contribution in [2.24, 2.45) is 0 Å². The van der Waals surface area contributed by atoms with E-state index in [4.69, 9.17) is 4.42 Å². The van der Waals surface area contributed by atoms with E-state index in [0.29, 0.717) is 24.8 Å². The first-order valence-corrected chi connectivity index (χ1v) is 10.5. The number of nitro groups is 1. The molecule has 0 saturated carbocycles. The van der Waals surface area contributed by atoms with Crippen LogP contribution in [-0.4, -0.2) is 29.8 Å². The third-order valence-corrected chi connectivity index (χ3v) is 5.46. The van der Waals surface area contributed by atoms with Gasteiger partial charge < -0.3 is 20.0 Å². The first-order chi connectivity index (χ1) is 16.6. The summed E-state index contributed by atoms with van der Waals surface area (Å²) in [6.07, 6.45) is -1.84. The van der Waals surface area contributed by atoms with E-state index in [0.717, 1.165) is 25.0 Å². The number of furan rings is 1. The molecule has 3 aromatic rings. The fourth-order valence-electron chi connectivity index (χ4n) is 3.80. The Labute approximate surface area is 196 Å². The molecule has 2 N–H and O–H groups in total. The Hall–Kier alpha value is -4.35. The minimum absolute atomic E-state index is 0.0880. The Morgan fingerprint density at radius 3 is 2.37 bits per heavy atom. The number of benzene rings is 2. The first-order valence-electron chi connectivity index (χ1n) is 10.5. The average molecular weight is 488 g/mol. The van der Waals surface area contributed by atoms with Crippen LogP contribution in [-0.2, 0) is 6.18 Å². The van der Waals surface area contributed by atoms with Gasteiger partial charge in [0, 0.05) is 30.4 Å². The molecule has 1 aliphatic heterocycles.